The molecule has 0 saturated heterocycles. The Hall–Kier alpha value is 0.700. The van der Waals surface area contributed by atoms with Gasteiger partial charge in [0.05, 0.1) is 12.7 Å². The molecule has 0 radical (unpaired) electrons. The van der Waals surface area contributed by atoms with Crippen molar-refractivity contribution in [1.29, 1.82) is 0 Å². The quantitative estimate of drug-likeness (QED) is 0.351. The van der Waals surface area contributed by atoms with E-state index in [0.717, 1.165) is 0 Å². The largest absolute Gasteiger partial charge is 0.390 e. The third-order valence-electron chi connectivity index (χ3n) is 0.852. The fourth-order valence-corrected chi connectivity index (χ4v) is 0.492. The number of thiol groups is 1. The molecule has 0 aliphatic heterocycles. The maximum absolute atomic E-state index is 8.93. The molecule has 0 aromatic rings. The molecule has 0 spiro atoms. The Morgan fingerprint density at radius 1 is 1.88 bits per heavy atom. The first-order valence-corrected chi connectivity index (χ1v) is 3.41. The van der Waals surface area contributed by atoms with Gasteiger partial charge in [0.25, 0.3) is 0 Å². The highest BCUT2D eigenvalue weighted by Gasteiger charge is 2.07. The summed E-state index contributed by atoms with van der Waals surface area (Å²) in [5.41, 5.74) is 0.169. The normalized spacial score (nSPS) is 18.0. The van der Waals surface area contributed by atoms with Crippen LogP contribution in [0, 0.1) is 0 Å². The van der Waals surface area contributed by atoms with Gasteiger partial charge in [-0.3, -0.25) is 0 Å². The Labute approximate surface area is 57.4 Å². The fourth-order valence-electron chi connectivity index (χ4n) is 0.228. The second-order valence-corrected chi connectivity index (χ2v) is 3.03. The van der Waals surface area contributed by atoms with E-state index in [-0.39, 0.29) is 12.3 Å². The average molecular weight is 154 g/mol. The highest BCUT2D eigenvalue weighted by Crippen LogP contribution is 2.04. The van der Waals surface area contributed by atoms with Gasteiger partial charge >= 0.3 is 0 Å². The van der Waals surface area contributed by atoms with E-state index < -0.39 is 6.10 Å². The molecule has 2 nitrogen and oxygen atoms in total. The SMILES string of the molecule is CC(P)C(O)COS. The average Bonchev–Trinajstić information content (AvgIpc) is 1.67. The fraction of sp³-hybridized carbons (Fsp3) is 1.00. The molecule has 8 heavy (non-hydrogen) atoms. The second kappa shape index (κ2) is 4.57. The van der Waals surface area contributed by atoms with Crippen LogP contribution >= 0.6 is 22.1 Å². The van der Waals surface area contributed by atoms with E-state index in [1.54, 1.807) is 0 Å². The van der Waals surface area contributed by atoms with Gasteiger partial charge in [0.1, 0.15) is 0 Å². The van der Waals surface area contributed by atoms with Crippen LogP contribution in [0.1, 0.15) is 6.92 Å². The predicted octanol–water partition coefficient (Wildman–Crippen LogP) is 0.472. The summed E-state index contributed by atoms with van der Waals surface area (Å²) in [6.07, 6.45) is -0.419. The van der Waals surface area contributed by atoms with Crippen molar-refractivity contribution in [2.24, 2.45) is 0 Å². The Morgan fingerprint density at radius 3 is 2.50 bits per heavy atom. The van der Waals surface area contributed by atoms with Gasteiger partial charge in [-0.15, -0.1) is 9.24 Å². The molecule has 50 valence electrons. The standard InChI is InChI=1S/C4H11O2PS/c1-3(7)4(5)2-6-8/h3-5,8H,2,7H2,1H3. The van der Waals surface area contributed by atoms with Gasteiger partial charge in [0, 0.05) is 0 Å². The third-order valence-corrected chi connectivity index (χ3v) is 1.45. The zero-order valence-corrected chi connectivity index (χ0v) is 6.79. The summed E-state index contributed by atoms with van der Waals surface area (Å²) in [5.74, 6) is 0. The van der Waals surface area contributed by atoms with Crippen LogP contribution in [0.3, 0.4) is 0 Å². The minimum atomic E-state index is -0.419. The lowest BCUT2D eigenvalue weighted by molar-refractivity contribution is 0.121. The molecule has 0 saturated carbocycles. The lowest BCUT2D eigenvalue weighted by atomic mass is 10.3. The lowest BCUT2D eigenvalue weighted by Crippen LogP contribution is -2.21. The van der Waals surface area contributed by atoms with Crippen molar-refractivity contribution in [3.05, 3.63) is 0 Å². The number of rotatable bonds is 3. The van der Waals surface area contributed by atoms with Crippen molar-refractivity contribution in [3.63, 3.8) is 0 Å². The van der Waals surface area contributed by atoms with Crippen molar-refractivity contribution >= 4 is 22.1 Å². The monoisotopic (exact) mass is 154 g/mol. The van der Waals surface area contributed by atoms with Crippen molar-refractivity contribution in [1.82, 2.24) is 0 Å². The molecule has 1 N–H and O–H groups in total. The van der Waals surface area contributed by atoms with Crippen molar-refractivity contribution in [2.45, 2.75) is 18.7 Å². The highest BCUT2D eigenvalue weighted by molar-refractivity contribution is 7.75. The van der Waals surface area contributed by atoms with E-state index in [1.807, 2.05) is 6.92 Å². The topological polar surface area (TPSA) is 29.5 Å². The minimum Gasteiger partial charge on any atom is -0.390 e. The molecule has 0 amide bonds. The van der Waals surface area contributed by atoms with E-state index in [2.05, 4.69) is 26.3 Å². The number of hydrogen-bond acceptors (Lipinski definition) is 3. The van der Waals surface area contributed by atoms with Gasteiger partial charge in [-0.25, -0.2) is 0 Å². The maximum Gasteiger partial charge on any atom is 0.0876 e. The Kier molecular flexibility index (Phi) is 4.97. The lowest BCUT2D eigenvalue weighted by Gasteiger charge is -2.10. The molecule has 0 aliphatic carbocycles. The van der Waals surface area contributed by atoms with Gasteiger partial charge < -0.3 is 9.29 Å². The Balaban J connectivity index is 3.17. The number of hydrogen-bond donors (Lipinski definition) is 2. The predicted molar refractivity (Wildman–Crippen MR) is 40.1 cm³/mol. The first-order valence-electron chi connectivity index (χ1n) is 2.38. The van der Waals surface area contributed by atoms with Crippen molar-refractivity contribution in [3.8, 4) is 0 Å². The van der Waals surface area contributed by atoms with E-state index in [1.165, 1.54) is 0 Å². The summed E-state index contributed by atoms with van der Waals surface area (Å²) in [5, 5.41) is 8.93. The third kappa shape index (κ3) is 3.67. The van der Waals surface area contributed by atoms with E-state index in [9.17, 15) is 0 Å². The molecule has 0 aromatic carbocycles. The first-order chi connectivity index (χ1) is 3.68. The number of aliphatic hydroxyl groups is 1. The van der Waals surface area contributed by atoms with Gasteiger partial charge in [0.15, 0.2) is 0 Å². The summed E-state index contributed by atoms with van der Waals surface area (Å²) >= 11 is 3.49. The summed E-state index contributed by atoms with van der Waals surface area (Å²) in [6.45, 7) is 2.18. The van der Waals surface area contributed by atoms with Crippen LogP contribution < -0.4 is 0 Å². The van der Waals surface area contributed by atoms with Gasteiger partial charge in [0.2, 0.25) is 0 Å². The van der Waals surface area contributed by atoms with Crippen LogP contribution in [-0.4, -0.2) is 23.5 Å². The molecule has 0 aliphatic rings. The molecule has 4 heteroatoms. The number of aliphatic hydroxyl groups excluding tert-OH is 1. The van der Waals surface area contributed by atoms with Crippen LogP contribution in [0.15, 0.2) is 0 Å². The van der Waals surface area contributed by atoms with Gasteiger partial charge in [-0.1, -0.05) is 6.92 Å². The molecule has 0 fully saturated rings. The van der Waals surface area contributed by atoms with Crippen molar-refractivity contribution < 1.29 is 9.29 Å². The van der Waals surface area contributed by atoms with E-state index >= 15 is 0 Å². The molecular weight excluding hydrogens is 143 g/mol. The molecule has 3 atom stereocenters. The first kappa shape index (κ1) is 8.70. The van der Waals surface area contributed by atoms with E-state index in [4.69, 9.17) is 5.11 Å². The Bertz CT molecular complexity index is 60.0. The molecule has 0 heterocycles. The van der Waals surface area contributed by atoms with Crippen LogP contribution in [0.4, 0.5) is 0 Å². The molecule has 0 bridgehead atoms. The Morgan fingerprint density at radius 2 is 2.38 bits per heavy atom. The van der Waals surface area contributed by atoms with Gasteiger partial charge in [-0.05, 0) is 18.6 Å². The molecule has 0 rings (SSSR count). The van der Waals surface area contributed by atoms with Gasteiger partial charge in [-0.2, -0.15) is 0 Å². The van der Waals surface area contributed by atoms with Crippen LogP contribution in [0.5, 0.6) is 0 Å². The molecular formula is C4H11O2PS. The molecule has 3 unspecified atom stereocenters. The van der Waals surface area contributed by atoms with Crippen LogP contribution in [-0.2, 0) is 4.18 Å². The van der Waals surface area contributed by atoms with Crippen LogP contribution in [0.25, 0.3) is 0 Å². The van der Waals surface area contributed by atoms with Crippen LogP contribution in [0.2, 0.25) is 0 Å². The minimum absolute atomic E-state index is 0.169. The summed E-state index contributed by atoms with van der Waals surface area (Å²) in [4.78, 5) is 0. The summed E-state index contributed by atoms with van der Waals surface area (Å²) in [6, 6.07) is 0. The summed E-state index contributed by atoms with van der Waals surface area (Å²) < 4.78 is 4.40. The second-order valence-electron chi connectivity index (χ2n) is 1.72. The highest BCUT2D eigenvalue weighted by atomic mass is 32.1. The van der Waals surface area contributed by atoms with E-state index in [0.29, 0.717) is 0 Å². The smallest absolute Gasteiger partial charge is 0.0876 e. The summed E-state index contributed by atoms with van der Waals surface area (Å²) in [7, 11) is 2.48. The molecule has 0 aromatic heterocycles. The zero-order chi connectivity index (χ0) is 6.57. The maximum atomic E-state index is 8.93. The van der Waals surface area contributed by atoms with Crippen molar-refractivity contribution in [2.75, 3.05) is 6.61 Å². The zero-order valence-electron chi connectivity index (χ0n) is 4.74.